The Kier molecular flexibility index (Phi) is 4.50. The number of rotatable bonds is 3. The van der Waals surface area contributed by atoms with Crippen molar-refractivity contribution < 1.29 is 8.83 Å². The molecule has 0 spiro atoms. The van der Waals surface area contributed by atoms with Crippen LogP contribution in [0.4, 0.5) is 0 Å². The molecule has 7 aromatic carbocycles. The lowest BCUT2D eigenvalue weighted by atomic mass is 9.95. The molecule has 0 amide bonds. The molecule has 0 saturated heterocycles. The molecule has 44 heavy (non-hydrogen) atoms. The summed E-state index contributed by atoms with van der Waals surface area (Å²) in [5.74, 6) is 0.750. The molecule has 206 valence electrons. The molecule has 3 heterocycles. The van der Waals surface area contributed by atoms with Crippen molar-refractivity contribution in [1.82, 2.24) is 4.68 Å². The first-order valence-corrected chi connectivity index (χ1v) is 14.6. The van der Waals surface area contributed by atoms with Crippen LogP contribution < -0.4 is 5.43 Å². The number of benzene rings is 6. The molecule has 0 saturated carbocycles. The zero-order valence-corrected chi connectivity index (χ0v) is 23.3. The van der Waals surface area contributed by atoms with Gasteiger partial charge in [0.15, 0.2) is 11.7 Å². The number of fused-ring (bicyclic) bond motifs is 1. The van der Waals surface area contributed by atoms with Gasteiger partial charge in [0.05, 0.1) is 11.0 Å². The van der Waals surface area contributed by atoms with E-state index in [1.165, 1.54) is 0 Å². The van der Waals surface area contributed by atoms with E-state index < -0.39 is 0 Å². The molecule has 0 radical (unpaired) electrons. The van der Waals surface area contributed by atoms with Gasteiger partial charge in [-0.15, -0.1) is 0 Å². The molecule has 0 unspecified atom stereocenters. The van der Waals surface area contributed by atoms with Crippen LogP contribution in [0.5, 0.6) is 0 Å². The highest BCUT2D eigenvalue weighted by Crippen LogP contribution is 2.48. The number of amidine groups is 2. The van der Waals surface area contributed by atoms with Crippen LogP contribution in [0.3, 0.4) is 0 Å². The topological polar surface area (TPSA) is 79.5 Å². The molecule has 10 rings (SSSR count). The Balaban J connectivity index is 1.35. The minimum absolute atomic E-state index is 0.177. The Bertz CT molecular complexity index is 2610. The Morgan fingerprint density at radius 2 is 1.00 bits per heavy atom. The second-order valence-corrected chi connectivity index (χ2v) is 11.2. The van der Waals surface area contributed by atoms with Crippen molar-refractivity contribution in [2.24, 2.45) is 4.99 Å². The van der Waals surface area contributed by atoms with E-state index in [1.54, 1.807) is 0 Å². The molecule has 0 fully saturated rings. The highest BCUT2D eigenvalue weighted by Gasteiger charge is 2.26. The van der Waals surface area contributed by atoms with E-state index in [-0.39, 0.29) is 5.84 Å². The number of nitrogens with one attached hydrogen (secondary N) is 2. The third-order valence-corrected chi connectivity index (χ3v) is 8.84. The molecular weight excluding hydrogens is 544 g/mol. The SMILES string of the molecule is N=C(N=C(Nn1c2ccc3oc4cccc5c6cccc7oc8ccc1c(c8c76)c2c3c45)c1ccccc1)c1ccccc1. The first-order chi connectivity index (χ1) is 21.7. The van der Waals surface area contributed by atoms with Crippen LogP contribution in [0, 0.1) is 5.41 Å². The maximum absolute atomic E-state index is 8.86. The van der Waals surface area contributed by atoms with Gasteiger partial charge in [-0.1, -0.05) is 84.9 Å². The predicted molar refractivity (Wildman–Crippen MR) is 179 cm³/mol. The Labute approximate surface area is 249 Å². The fourth-order valence-corrected chi connectivity index (χ4v) is 7.00. The zero-order chi connectivity index (χ0) is 28.9. The highest BCUT2D eigenvalue weighted by molar-refractivity contribution is 6.41. The van der Waals surface area contributed by atoms with Crippen LogP contribution in [-0.2, 0) is 0 Å². The summed E-state index contributed by atoms with van der Waals surface area (Å²) in [5, 5.41) is 17.7. The van der Waals surface area contributed by atoms with Crippen molar-refractivity contribution in [3.05, 3.63) is 132 Å². The summed E-state index contributed by atoms with van der Waals surface area (Å²) < 4.78 is 15.1. The molecule has 10 aromatic rings. The zero-order valence-electron chi connectivity index (χ0n) is 23.3. The second-order valence-electron chi connectivity index (χ2n) is 11.2. The minimum atomic E-state index is 0.177. The van der Waals surface area contributed by atoms with Crippen molar-refractivity contribution in [3.63, 3.8) is 0 Å². The maximum atomic E-state index is 8.86. The van der Waals surface area contributed by atoms with Gasteiger partial charge in [-0.3, -0.25) is 15.5 Å². The van der Waals surface area contributed by atoms with Gasteiger partial charge in [-0.2, -0.15) is 0 Å². The summed E-state index contributed by atoms with van der Waals surface area (Å²) in [6.45, 7) is 0. The smallest absolute Gasteiger partial charge is 0.154 e. The summed E-state index contributed by atoms with van der Waals surface area (Å²) in [5.41, 5.74) is 10.7. The number of aromatic nitrogens is 1. The summed E-state index contributed by atoms with van der Waals surface area (Å²) in [4.78, 5) is 4.85. The van der Waals surface area contributed by atoms with E-state index in [0.29, 0.717) is 5.84 Å². The number of furan rings is 2. The Morgan fingerprint density at radius 3 is 1.55 bits per heavy atom. The van der Waals surface area contributed by atoms with E-state index in [2.05, 4.69) is 58.6 Å². The third kappa shape index (κ3) is 3.03. The Hall–Kier alpha value is -6.14. The van der Waals surface area contributed by atoms with E-state index in [9.17, 15) is 0 Å². The lowest BCUT2D eigenvalue weighted by molar-refractivity contribution is 0.669. The number of aliphatic imine (C=N–C) groups is 1. The molecular formula is C38H22N4O2. The van der Waals surface area contributed by atoms with Crippen LogP contribution in [0.25, 0.3) is 76.5 Å². The van der Waals surface area contributed by atoms with Crippen molar-refractivity contribution in [2.75, 3.05) is 5.43 Å². The molecule has 0 aliphatic carbocycles. The van der Waals surface area contributed by atoms with E-state index in [0.717, 1.165) is 87.6 Å². The quantitative estimate of drug-likeness (QED) is 0.165. The van der Waals surface area contributed by atoms with Crippen LogP contribution in [0.2, 0.25) is 0 Å². The minimum Gasteiger partial charge on any atom is -0.456 e. The fourth-order valence-electron chi connectivity index (χ4n) is 7.00. The van der Waals surface area contributed by atoms with Crippen LogP contribution >= 0.6 is 0 Å². The van der Waals surface area contributed by atoms with Gasteiger partial charge in [0.1, 0.15) is 22.3 Å². The van der Waals surface area contributed by atoms with E-state index in [1.807, 2.05) is 72.8 Å². The Morgan fingerprint density at radius 1 is 0.500 bits per heavy atom. The van der Waals surface area contributed by atoms with Gasteiger partial charge < -0.3 is 8.83 Å². The molecule has 0 atom stereocenters. The van der Waals surface area contributed by atoms with Gasteiger partial charge in [0.2, 0.25) is 0 Å². The normalized spacial score (nSPS) is 12.8. The number of nitrogens with zero attached hydrogens (tertiary/aromatic N) is 2. The van der Waals surface area contributed by atoms with E-state index in [4.69, 9.17) is 19.2 Å². The van der Waals surface area contributed by atoms with E-state index >= 15 is 0 Å². The first-order valence-electron chi connectivity index (χ1n) is 14.6. The second kappa shape index (κ2) is 8.46. The van der Waals surface area contributed by atoms with Gasteiger partial charge >= 0.3 is 0 Å². The average molecular weight is 567 g/mol. The van der Waals surface area contributed by atoms with Gasteiger partial charge in [-0.05, 0) is 47.2 Å². The molecule has 3 aromatic heterocycles. The molecule has 6 heteroatoms. The molecule has 2 N–H and O–H groups in total. The monoisotopic (exact) mass is 566 g/mol. The van der Waals surface area contributed by atoms with Crippen LogP contribution in [-0.4, -0.2) is 16.3 Å². The molecule has 6 nitrogen and oxygen atoms in total. The standard InChI is InChI=1S/C38H22N4O2/c39-37(21-9-3-1-4-10-21)40-38(22-11-5-2-6-12-22)41-42-25-17-19-29-35-31-23(13-7-15-27(31)43-29)24-14-8-16-28-32(24)36-30(44-28)20-18-26(42)34(36)33(25)35/h1-20H,(H2,39,40,41). The highest BCUT2D eigenvalue weighted by atomic mass is 16.3. The van der Waals surface area contributed by atoms with Crippen molar-refractivity contribution in [3.8, 4) is 0 Å². The van der Waals surface area contributed by atoms with Crippen molar-refractivity contribution >= 4 is 88.1 Å². The predicted octanol–water partition coefficient (Wildman–Crippen LogP) is 9.64. The number of hydrogen-bond donors (Lipinski definition) is 2. The van der Waals surface area contributed by atoms with Gasteiger partial charge in [-0.25, -0.2) is 4.99 Å². The van der Waals surface area contributed by atoms with Crippen LogP contribution in [0.1, 0.15) is 11.1 Å². The van der Waals surface area contributed by atoms with Crippen LogP contribution in [0.15, 0.2) is 135 Å². The summed E-state index contributed by atoms with van der Waals surface area (Å²) >= 11 is 0. The third-order valence-electron chi connectivity index (χ3n) is 8.84. The lowest BCUT2D eigenvalue weighted by Crippen LogP contribution is -2.25. The van der Waals surface area contributed by atoms with Crippen molar-refractivity contribution in [1.29, 1.82) is 5.41 Å². The summed E-state index contributed by atoms with van der Waals surface area (Å²) in [7, 11) is 0. The first kappa shape index (κ1) is 23.4. The lowest BCUT2D eigenvalue weighted by Gasteiger charge is -2.14. The average Bonchev–Trinajstić information content (AvgIpc) is 3.73. The molecule has 0 aliphatic heterocycles. The summed E-state index contributed by atoms with van der Waals surface area (Å²) in [6.07, 6.45) is 0. The van der Waals surface area contributed by atoms with Gasteiger partial charge in [0.25, 0.3) is 0 Å². The van der Waals surface area contributed by atoms with Crippen molar-refractivity contribution in [2.45, 2.75) is 0 Å². The van der Waals surface area contributed by atoms with Gasteiger partial charge in [0, 0.05) is 43.4 Å². The number of hydrogen-bond acceptors (Lipinski definition) is 3. The molecule has 0 bridgehead atoms. The maximum Gasteiger partial charge on any atom is 0.154 e. The summed E-state index contributed by atoms with van der Waals surface area (Å²) in [6, 6.07) is 40.5. The largest absolute Gasteiger partial charge is 0.456 e. The molecule has 0 aliphatic rings. The fraction of sp³-hybridized carbons (Fsp3) is 0.